The molecule has 1 aliphatic carbocycles. The van der Waals surface area contributed by atoms with Crippen molar-refractivity contribution in [3.8, 4) is 0 Å². The van der Waals surface area contributed by atoms with Crippen molar-refractivity contribution in [2.24, 2.45) is 11.8 Å². The minimum absolute atomic E-state index is 0.0318. The van der Waals surface area contributed by atoms with E-state index in [2.05, 4.69) is 0 Å². The number of hydrogen-bond donors (Lipinski definition) is 0. The molecule has 1 heterocycles. The molecule has 0 bridgehead atoms. The summed E-state index contributed by atoms with van der Waals surface area (Å²) in [5.74, 6) is -2.82. The molecule has 2 fully saturated rings. The van der Waals surface area contributed by atoms with Crippen molar-refractivity contribution in [3.05, 3.63) is 0 Å². The number of nitrogens with zero attached hydrogens (tertiary/aromatic N) is 1. The number of rotatable bonds is 1. The average Bonchev–Trinajstić information content (AvgIpc) is 2.85. The lowest BCUT2D eigenvalue weighted by atomic mass is 9.92. The Bertz CT molecular complexity index is 330. The van der Waals surface area contributed by atoms with Crippen LogP contribution in [0, 0.1) is 11.8 Å². The Morgan fingerprint density at radius 2 is 1.78 bits per heavy atom. The maximum absolute atomic E-state index is 13.0. The number of halogens is 2. The van der Waals surface area contributed by atoms with Crippen LogP contribution in [0.15, 0.2) is 0 Å². The van der Waals surface area contributed by atoms with Gasteiger partial charge in [-0.25, -0.2) is 13.6 Å². The second kappa shape index (κ2) is 4.35. The summed E-state index contributed by atoms with van der Waals surface area (Å²) in [6, 6.07) is 0. The van der Waals surface area contributed by atoms with Crippen LogP contribution >= 0.6 is 0 Å². The third-order valence-corrected chi connectivity index (χ3v) is 3.63. The molecule has 2 rings (SSSR count). The van der Waals surface area contributed by atoms with E-state index in [1.54, 1.807) is 4.90 Å². The first-order valence-corrected chi connectivity index (χ1v) is 6.55. The SMILES string of the molecule is CC(C)(C)OC(=O)N1CCC(C2CC2(F)F)CC1. The minimum Gasteiger partial charge on any atom is -0.444 e. The fourth-order valence-electron chi connectivity index (χ4n) is 2.56. The molecule has 2 aliphatic rings. The summed E-state index contributed by atoms with van der Waals surface area (Å²) in [7, 11) is 0. The topological polar surface area (TPSA) is 29.5 Å². The molecular formula is C13H21F2NO2. The van der Waals surface area contributed by atoms with Crippen LogP contribution in [0.4, 0.5) is 13.6 Å². The Hall–Kier alpha value is -0.870. The van der Waals surface area contributed by atoms with E-state index in [0.717, 1.165) is 0 Å². The zero-order valence-electron chi connectivity index (χ0n) is 11.2. The van der Waals surface area contributed by atoms with Crippen LogP contribution in [-0.2, 0) is 4.74 Å². The Labute approximate surface area is 106 Å². The molecule has 1 saturated carbocycles. The van der Waals surface area contributed by atoms with Crippen LogP contribution in [0.3, 0.4) is 0 Å². The molecule has 5 heteroatoms. The predicted octanol–water partition coefficient (Wildman–Crippen LogP) is 3.29. The van der Waals surface area contributed by atoms with E-state index >= 15 is 0 Å². The van der Waals surface area contributed by atoms with Gasteiger partial charge in [0.25, 0.3) is 5.92 Å². The monoisotopic (exact) mass is 261 g/mol. The van der Waals surface area contributed by atoms with Gasteiger partial charge in [-0.05, 0) is 39.5 Å². The third kappa shape index (κ3) is 3.12. The van der Waals surface area contributed by atoms with Crippen molar-refractivity contribution in [1.82, 2.24) is 4.90 Å². The summed E-state index contributed by atoms with van der Waals surface area (Å²) >= 11 is 0. The van der Waals surface area contributed by atoms with Crippen molar-refractivity contribution in [3.63, 3.8) is 0 Å². The second-order valence-corrected chi connectivity index (χ2v) is 6.38. The van der Waals surface area contributed by atoms with Gasteiger partial charge in [0.1, 0.15) is 5.60 Å². The van der Waals surface area contributed by atoms with Gasteiger partial charge in [0, 0.05) is 25.4 Å². The molecule has 3 nitrogen and oxygen atoms in total. The lowest BCUT2D eigenvalue weighted by Crippen LogP contribution is -2.42. The Balaban J connectivity index is 1.78. The molecule has 1 unspecified atom stereocenters. The number of likely N-dealkylation sites (tertiary alicyclic amines) is 1. The first-order chi connectivity index (χ1) is 8.19. The van der Waals surface area contributed by atoms with Gasteiger partial charge >= 0.3 is 6.09 Å². The number of hydrogen-bond acceptors (Lipinski definition) is 2. The molecule has 0 aromatic heterocycles. The molecular weight excluding hydrogens is 240 g/mol. The van der Waals surface area contributed by atoms with Gasteiger partial charge in [-0.1, -0.05) is 0 Å². The van der Waals surface area contributed by atoms with Crippen LogP contribution in [0.5, 0.6) is 0 Å². The number of amides is 1. The van der Waals surface area contributed by atoms with Crippen LogP contribution in [0.25, 0.3) is 0 Å². The summed E-state index contributed by atoms with van der Waals surface area (Å²) in [5.41, 5.74) is -0.503. The molecule has 18 heavy (non-hydrogen) atoms. The molecule has 0 aromatic carbocycles. The summed E-state index contributed by atoms with van der Waals surface area (Å²) in [5, 5.41) is 0. The molecule has 1 atom stereocenters. The summed E-state index contributed by atoms with van der Waals surface area (Å²) < 4.78 is 31.2. The molecule has 0 N–H and O–H groups in total. The molecule has 1 aliphatic heterocycles. The molecule has 104 valence electrons. The first kappa shape index (κ1) is 13.6. The zero-order chi connectivity index (χ0) is 13.6. The van der Waals surface area contributed by atoms with Gasteiger partial charge in [0.2, 0.25) is 0 Å². The van der Waals surface area contributed by atoms with Gasteiger partial charge in [0.15, 0.2) is 0 Å². The lowest BCUT2D eigenvalue weighted by Gasteiger charge is -2.33. The maximum atomic E-state index is 13.0. The van der Waals surface area contributed by atoms with Crippen LogP contribution in [0.1, 0.15) is 40.0 Å². The van der Waals surface area contributed by atoms with E-state index in [0.29, 0.717) is 25.9 Å². The molecule has 0 radical (unpaired) electrons. The number of alkyl halides is 2. The van der Waals surface area contributed by atoms with Crippen molar-refractivity contribution < 1.29 is 18.3 Å². The van der Waals surface area contributed by atoms with Gasteiger partial charge < -0.3 is 9.64 Å². The normalized spacial score (nSPS) is 28.1. The fourth-order valence-corrected chi connectivity index (χ4v) is 2.56. The highest BCUT2D eigenvalue weighted by Crippen LogP contribution is 2.55. The quantitative estimate of drug-likeness (QED) is 0.725. The summed E-state index contributed by atoms with van der Waals surface area (Å²) in [4.78, 5) is 13.4. The van der Waals surface area contributed by atoms with Crippen molar-refractivity contribution in [2.45, 2.75) is 51.6 Å². The smallest absolute Gasteiger partial charge is 0.410 e. The van der Waals surface area contributed by atoms with Crippen molar-refractivity contribution in [1.29, 1.82) is 0 Å². The van der Waals surface area contributed by atoms with Crippen LogP contribution in [-0.4, -0.2) is 35.6 Å². The Morgan fingerprint density at radius 3 is 2.17 bits per heavy atom. The Morgan fingerprint density at radius 1 is 1.28 bits per heavy atom. The van der Waals surface area contributed by atoms with E-state index in [1.165, 1.54) is 0 Å². The molecule has 1 saturated heterocycles. The zero-order valence-corrected chi connectivity index (χ0v) is 11.2. The van der Waals surface area contributed by atoms with E-state index < -0.39 is 17.4 Å². The van der Waals surface area contributed by atoms with Crippen molar-refractivity contribution >= 4 is 6.09 Å². The van der Waals surface area contributed by atoms with E-state index in [1.807, 2.05) is 20.8 Å². The van der Waals surface area contributed by atoms with Crippen molar-refractivity contribution in [2.75, 3.05) is 13.1 Å². The largest absolute Gasteiger partial charge is 0.444 e. The fraction of sp³-hybridized carbons (Fsp3) is 0.923. The molecule has 0 aromatic rings. The van der Waals surface area contributed by atoms with E-state index in [4.69, 9.17) is 4.74 Å². The Kier molecular flexibility index (Phi) is 3.28. The van der Waals surface area contributed by atoms with Gasteiger partial charge in [-0.2, -0.15) is 0 Å². The van der Waals surface area contributed by atoms with E-state index in [9.17, 15) is 13.6 Å². The number of piperidine rings is 1. The molecule has 1 amide bonds. The highest BCUT2D eigenvalue weighted by molar-refractivity contribution is 5.68. The van der Waals surface area contributed by atoms with Gasteiger partial charge in [-0.3, -0.25) is 0 Å². The number of carbonyl (C=O) groups excluding carboxylic acids is 1. The average molecular weight is 261 g/mol. The predicted molar refractivity (Wildman–Crippen MR) is 63.6 cm³/mol. The highest BCUT2D eigenvalue weighted by atomic mass is 19.3. The number of ether oxygens (including phenoxy) is 1. The van der Waals surface area contributed by atoms with E-state index in [-0.39, 0.29) is 18.4 Å². The third-order valence-electron chi connectivity index (χ3n) is 3.63. The highest BCUT2D eigenvalue weighted by Gasteiger charge is 2.60. The maximum Gasteiger partial charge on any atom is 0.410 e. The van der Waals surface area contributed by atoms with Gasteiger partial charge in [-0.15, -0.1) is 0 Å². The molecule has 0 spiro atoms. The van der Waals surface area contributed by atoms with Crippen LogP contribution < -0.4 is 0 Å². The summed E-state index contributed by atoms with van der Waals surface area (Å²) in [6.07, 6.45) is 1.03. The first-order valence-electron chi connectivity index (χ1n) is 6.55. The standard InChI is InChI=1S/C13H21F2NO2/c1-12(2,3)18-11(17)16-6-4-9(5-7-16)10-8-13(10,14)15/h9-10H,4-8H2,1-3H3. The second-order valence-electron chi connectivity index (χ2n) is 6.38. The lowest BCUT2D eigenvalue weighted by molar-refractivity contribution is 0.0144. The minimum atomic E-state index is -2.45. The number of carbonyl (C=O) groups is 1. The van der Waals surface area contributed by atoms with Crippen LogP contribution in [0.2, 0.25) is 0 Å². The van der Waals surface area contributed by atoms with Gasteiger partial charge in [0.05, 0.1) is 0 Å². The summed E-state index contributed by atoms with van der Waals surface area (Å²) in [6.45, 7) is 6.53.